The lowest BCUT2D eigenvalue weighted by Gasteiger charge is -2.18. The summed E-state index contributed by atoms with van der Waals surface area (Å²) in [5, 5.41) is 0. The van der Waals surface area contributed by atoms with Crippen molar-refractivity contribution in [3.8, 4) is 0 Å². The summed E-state index contributed by atoms with van der Waals surface area (Å²) in [5.74, 6) is 0.125. The van der Waals surface area contributed by atoms with Crippen LogP contribution in [-0.4, -0.2) is 30.9 Å². The third kappa shape index (κ3) is 3.84. The van der Waals surface area contributed by atoms with E-state index >= 15 is 0 Å². The Morgan fingerprint density at radius 3 is 2.28 bits per heavy atom. The van der Waals surface area contributed by atoms with E-state index in [-0.39, 0.29) is 5.91 Å². The molecule has 0 saturated heterocycles. The predicted octanol–water partition coefficient (Wildman–Crippen LogP) is 1.96. The van der Waals surface area contributed by atoms with Crippen LogP contribution in [0.1, 0.15) is 28.7 Å². The van der Waals surface area contributed by atoms with Gasteiger partial charge in [0.1, 0.15) is 0 Å². The molecule has 0 aliphatic carbocycles. The molecule has 0 aromatic heterocycles. The van der Waals surface area contributed by atoms with Crippen LogP contribution in [0.25, 0.3) is 0 Å². The largest absolute Gasteiger partial charge is 0.345 e. The van der Waals surface area contributed by atoms with E-state index in [2.05, 4.69) is 32.9 Å². The number of benzene rings is 1. The first-order chi connectivity index (χ1) is 8.45. The first kappa shape index (κ1) is 14.7. The lowest BCUT2D eigenvalue weighted by Crippen LogP contribution is -2.30. The number of aryl methyl sites for hydroxylation is 3. The van der Waals surface area contributed by atoms with Gasteiger partial charge in [-0.1, -0.05) is 17.7 Å². The topological polar surface area (TPSA) is 46.3 Å². The van der Waals surface area contributed by atoms with Crippen molar-refractivity contribution in [1.82, 2.24) is 4.90 Å². The molecule has 0 radical (unpaired) electrons. The van der Waals surface area contributed by atoms with Gasteiger partial charge < -0.3 is 10.6 Å². The van der Waals surface area contributed by atoms with Crippen LogP contribution in [0.15, 0.2) is 12.1 Å². The van der Waals surface area contributed by atoms with Crippen molar-refractivity contribution in [2.24, 2.45) is 5.73 Å². The second-order valence-electron chi connectivity index (χ2n) is 4.98. The van der Waals surface area contributed by atoms with E-state index in [0.717, 1.165) is 13.0 Å². The number of carbonyl (C=O) groups excluding carboxylic acids is 1. The number of likely N-dealkylation sites (N-methyl/N-ethyl adjacent to an activating group) is 1. The van der Waals surface area contributed by atoms with Gasteiger partial charge in [-0.25, -0.2) is 0 Å². The van der Waals surface area contributed by atoms with Gasteiger partial charge in [0.25, 0.3) is 0 Å². The molecule has 1 amide bonds. The van der Waals surface area contributed by atoms with Crippen LogP contribution < -0.4 is 5.73 Å². The Morgan fingerprint density at radius 2 is 1.78 bits per heavy atom. The fourth-order valence-electron chi connectivity index (χ4n) is 2.32. The molecule has 1 aromatic rings. The summed E-state index contributed by atoms with van der Waals surface area (Å²) < 4.78 is 0. The molecule has 0 spiro atoms. The van der Waals surface area contributed by atoms with Crippen LogP contribution in [0.3, 0.4) is 0 Å². The molecule has 18 heavy (non-hydrogen) atoms. The van der Waals surface area contributed by atoms with Gasteiger partial charge in [0.15, 0.2) is 0 Å². The molecule has 0 atom stereocenters. The highest BCUT2D eigenvalue weighted by Gasteiger charge is 2.09. The average molecular weight is 248 g/mol. The average Bonchev–Trinajstić information content (AvgIpc) is 2.27. The number of nitrogens with zero attached hydrogens (tertiary/aromatic N) is 1. The molecule has 2 N–H and O–H groups in total. The van der Waals surface area contributed by atoms with Crippen molar-refractivity contribution in [2.45, 2.75) is 33.6 Å². The van der Waals surface area contributed by atoms with E-state index in [1.165, 1.54) is 22.3 Å². The molecule has 0 aliphatic rings. The van der Waals surface area contributed by atoms with E-state index in [9.17, 15) is 4.79 Å². The zero-order chi connectivity index (χ0) is 13.7. The highest BCUT2D eigenvalue weighted by Crippen LogP contribution is 2.17. The minimum atomic E-state index is 0.125. The Morgan fingerprint density at radius 1 is 1.22 bits per heavy atom. The number of nitrogens with two attached hydrogens (primary N) is 1. The molecular formula is C15H24N2O. The number of carbonyl (C=O) groups is 1. The molecule has 100 valence electrons. The first-order valence-corrected chi connectivity index (χ1v) is 6.46. The van der Waals surface area contributed by atoms with E-state index < -0.39 is 0 Å². The summed E-state index contributed by atoms with van der Waals surface area (Å²) in [6.07, 6.45) is 1.34. The van der Waals surface area contributed by atoms with Crippen molar-refractivity contribution >= 4 is 5.91 Å². The summed E-state index contributed by atoms with van der Waals surface area (Å²) in [4.78, 5) is 13.4. The van der Waals surface area contributed by atoms with Crippen molar-refractivity contribution in [1.29, 1.82) is 0 Å². The minimum Gasteiger partial charge on any atom is -0.345 e. The van der Waals surface area contributed by atoms with Gasteiger partial charge in [-0.3, -0.25) is 4.79 Å². The summed E-state index contributed by atoms with van der Waals surface area (Å²) in [5.41, 5.74) is 10.7. The van der Waals surface area contributed by atoms with Gasteiger partial charge in [0, 0.05) is 26.6 Å². The SMILES string of the molecule is Cc1cc(C)c(CCN(C)C(=O)CCN)c(C)c1. The molecule has 0 fully saturated rings. The summed E-state index contributed by atoms with van der Waals surface area (Å²) >= 11 is 0. The van der Waals surface area contributed by atoms with Crippen LogP contribution in [0.2, 0.25) is 0 Å². The van der Waals surface area contributed by atoms with Crippen LogP contribution in [0.5, 0.6) is 0 Å². The molecular weight excluding hydrogens is 224 g/mol. The highest BCUT2D eigenvalue weighted by molar-refractivity contribution is 5.76. The molecule has 1 rings (SSSR count). The van der Waals surface area contributed by atoms with Gasteiger partial charge in [0.05, 0.1) is 0 Å². The highest BCUT2D eigenvalue weighted by atomic mass is 16.2. The molecule has 0 saturated carbocycles. The summed E-state index contributed by atoms with van der Waals surface area (Å²) in [7, 11) is 1.84. The molecule has 0 bridgehead atoms. The molecule has 3 nitrogen and oxygen atoms in total. The number of hydrogen-bond donors (Lipinski definition) is 1. The van der Waals surface area contributed by atoms with Crippen LogP contribution in [0, 0.1) is 20.8 Å². The van der Waals surface area contributed by atoms with Gasteiger partial charge in [-0.2, -0.15) is 0 Å². The van der Waals surface area contributed by atoms with E-state index in [4.69, 9.17) is 5.73 Å². The van der Waals surface area contributed by atoms with Crippen molar-refractivity contribution in [2.75, 3.05) is 20.1 Å². The molecule has 0 heterocycles. The van der Waals surface area contributed by atoms with Gasteiger partial charge in [-0.15, -0.1) is 0 Å². The van der Waals surface area contributed by atoms with Crippen molar-refractivity contribution in [3.05, 3.63) is 34.4 Å². The quantitative estimate of drug-likeness (QED) is 0.866. The maximum atomic E-state index is 11.6. The van der Waals surface area contributed by atoms with Crippen LogP contribution in [-0.2, 0) is 11.2 Å². The predicted molar refractivity (Wildman–Crippen MR) is 75.7 cm³/mol. The lowest BCUT2D eigenvalue weighted by atomic mass is 9.97. The molecule has 0 aliphatic heterocycles. The van der Waals surface area contributed by atoms with Gasteiger partial charge in [0.2, 0.25) is 5.91 Å². The van der Waals surface area contributed by atoms with E-state index in [1.54, 1.807) is 4.90 Å². The smallest absolute Gasteiger partial charge is 0.223 e. The van der Waals surface area contributed by atoms with Crippen molar-refractivity contribution < 1.29 is 4.79 Å². The fourth-order valence-corrected chi connectivity index (χ4v) is 2.32. The Hall–Kier alpha value is -1.35. The molecule has 3 heteroatoms. The summed E-state index contributed by atoms with van der Waals surface area (Å²) in [6, 6.07) is 4.40. The second kappa shape index (κ2) is 6.55. The van der Waals surface area contributed by atoms with Gasteiger partial charge in [-0.05, 0) is 43.9 Å². The number of hydrogen-bond acceptors (Lipinski definition) is 2. The Bertz CT molecular complexity index is 403. The Kier molecular flexibility index (Phi) is 5.35. The zero-order valence-electron chi connectivity index (χ0n) is 11.9. The Labute approximate surface area is 110 Å². The Balaban J connectivity index is 2.66. The normalized spacial score (nSPS) is 10.5. The standard InChI is InChI=1S/C15H24N2O/c1-11-9-12(2)14(13(3)10-11)6-8-17(4)15(18)5-7-16/h9-10H,5-8,16H2,1-4H3. The van der Waals surface area contributed by atoms with Crippen molar-refractivity contribution in [3.63, 3.8) is 0 Å². The number of rotatable bonds is 5. The maximum absolute atomic E-state index is 11.6. The minimum absolute atomic E-state index is 0.125. The summed E-state index contributed by atoms with van der Waals surface area (Å²) in [6.45, 7) is 7.56. The third-order valence-electron chi connectivity index (χ3n) is 3.32. The van der Waals surface area contributed by atoms with E-state index in [0.29, 0.717) is 13.0 Å². The third-order valence-corrected chi connectivity index (χ3v) is 3.32. The first-order valence-electron chi connectivity index (χ1n) is 6.46. The maximum Gasteiger partial charge on any atom is 0.223 e. The molecule has 1 aromatic carbocycles. The van der Waals surface area contributed by atoms with E-state index in [1.807, 2.05) is 7.05 Å². The second-order valence-corrected chi connectivity index (χ2v) is 4.98. The van der Waals surface area contributed by atoms with Crippen LogP contribution >= 0.6 is 0 Å². The monoisotopic (exact) mass is 248 g/mol. The van der Waals surface area contributed by atoms with Gasteiger partial charge >= 0.3 is 0 Å². The van der Waals surface area contributed by atoms with Crippen LogP contribution in [0.4, 0.5) is 0 Å². The fraction of sp³-hybridized carbons (Fsp3) is 0.533. The number of amides is 1. The lowest BCUT2D eigenvalue weighted by molar-refractivity contribution is -0.129. The molecule has 0 unspecified atom stereocenters. The zero-order valence-corrected chi connectivity index (χ0v) is 11.9.